The molecule has 2 aromatic rings. The maximum Gasteiger partial charge on any atom is 0.407 e. The van der Waals surface area contributed by atoms with E-state index < -0.39 is 6.09 Å². The van der Waals surface area contributed by atoms with Crippen molar-refractivity contribution in [2.45, 2.75) is 13.5 Å². The van der Waals surface area contributed by atoms with Crippen LogP contribution in [0.4, 0.5) is 4.79 Å². The molecule has 0 saturated carbocycles. The Labute approximate surface area is 146 Å². The van der Waals surface area contributed by atoms with Gasteiger partial charge in [0.2, 0.25) is 0 Å². The number of carbonyl (C=O) groups is 2. The number of alkyl carbamates (subject to hydrolysis) is 1. The standard InChI is InChI=1S/C19H21NO5/c1-2-23-18(21)16-8-10-17(11-9-16)24-13-12-20-19(22)25-14-15-6-4-3-5-7-15/h3-11H,2,12-14H2,1H3,(H,20,22). The molecule has 0 aromatic heterocycles. The van der Waals surface area contributed by atoms with Crippen molar-refractivity contribution < 1.29 is 23.8 Å². The highest BCUT2D eigenvalue weighted by atomic mass is 16.5. The van der Waals surface area contributed by atoms with Crippen LogP contribution in [0.5, 0.6) is 5.75 Å². The molecule has 0 aliphatic rings. The molecule has 0 bridgehead atoms. The second-order valence-electron chi connectivity index (χ2n) is 5.08. The van der Waals surface area contributed by atoms with Crippen LogP contribution in [0.1, 0.15) is 22.8 Å². The van der Waals surface area contributed by atoms with Gasteiger partial charge in [0, 0.05) is 0 Å². The van der Waals surface area contributed by atoms with E-state index in [4.69, 9.17) is 14.2 Å². The van der Waals surface area contributed by atoms with Crippen molar-refractivity contribution in [1.82, 2.24) is 5.32 Å². The maximum absolute atomic E-state index is 11.6. The second kappa shape index (κ2) is 9.97. The number of carbonyl (C=O) groups excluding carboxylic acids is 2. The van der Waals surface area contributed by atoms with Crippen LogP contribution in [0.2, 0.25) is 0 Å². The van der Waals surface area contributed by atoms with Crippen molar-refractivity contribution in [2.24, 2.45) is 0 Å². The number of benzene rings is 2. The molecule has 0 fully saturated rings. The van der Waals surface area contributed by atoms with E-state index in [-0.39, 0.29) is 12.6 Å². The first-order valence-electron chi connectivity index (χ1n) is 8.03. The average Bonchev–Trinajstić information content (AvgIpc) is 2.65. The third-order valence-corrected chi connectivity index (χ3v) is 3.22. The van der Waals surface area contributed by atoms with E-state index in [1.807, 2.05) is 30.3 Å². The molecule has 132 valence electrons. The van der Waals surface area contributed by atoms with Crippen LogP contribution in [0.3, 0.4) is 0 Å². The van der Waals surface area contributed by atoms with Crippen LogP contribution in [0.25, 0.3) is 0 Å². The molecule has 0 aliphatic carbocycles. The Kier molecular flexibility index (Phi) is 7.31. The number of esters is 1. The Balaban J connectivity index is 1.63. The highest BCUT2D eigenvalue weighted by molar-refractivity contribution is 5.89. The second-order valence-corrected chi connectivity index (χ2v) is 5.08. The monoisotopic (exact) mass is 343 g/mol. The first-order valence-corrected chi connectivity index (χ1v) is 8.03. The first-order chi connectivity index (χ1) is 12.2. The molecule has 6 heteroatoms. The number of ether oxygens (including phenoxy) is 3. The van der Waals surface area contributed by atoms with Gasteiger partial charge in [-0.05, 0) is 36.8 Å². The van der Waals surface area contributed by atoms with Crippen molar-refractivity contribution in [3.63, 3.8) is 0 Å². The number of hydrogen-bond acceptors (Lipinski definition) is 5. The van der Waals surface area contributed by atoms with Crippen molar-refractivity contribution in [3.05, 3.63) is 65.7 Å². The van der Waals surface area contributed by atoms with E-state index in [2.05, 4.69) is 5.32 Å². The minimum absolute atomic E-state index is 0.225. The lowest BCUT2D eigenvalue weighted by molar-refractivity contribution is 0.0526. The predicted octanol–water partition coefficient (Wildman–Crippen LogP) is 3.17. The zero-order valence-electron chi connectivity index (χ0n) is 14.1. The first kappa shape index (κ1) is 18.3. The molecule has 0 aliphatic heterocycles. The molecule has 1 amide bonds. The Morgan fingerprint density at radius 3 is 2.36 bits per heavy atom. The number of rotatable bonds is 8. The summed E-state index contributed by atoms with van der Waals surface area (Å²) in [4.78, 5) is 23.1. The SMILES string of the molecule is CCOC(=O)c1ccc(OCCNC(=O)OCc2ccccc2)cc1. The van der Waals surface area contributed by atoms with Crippen LogP contribution in [0.15, 0.2) is 54.6 Å². The van der Waals surface area contributed by atoms with E-state index in [1.165, 1.54) is 0 Å². The van der Waals surface area contributed by atoms with Crippen LogP contribution in [-0.2, 0) is 16.1 Å². The van der Waals surface area contributed by atoms with Gasteiger partial charge in [-0.1, -0.05) is 30.3 Å². The molecule has 0 saturated heterocycles. The van der Waals surface area contributed by atoms with Gasteiger partial charge in [-0.15, -0.1) is 0 Å². The molecule has 0 unspecified atom stereocenters. The number of nitrogens with one attached hydrogen (secondary N) is 1. The molecular formula is C19H21NO5. The fraction of sp³-hybridized carbons (Fsp3) is 0.263. The average molecular weight is 343 g/mol. The smallest absolute Gasteiger partial charge is 0.407 e. The lowest BCUT2D eigenvalue weighted by atomic mass is 10.2. The molecule has 0 atom stereocenters. The lowest BCUT2D eigenvalue weighted by Crippen LogP contribution is -2.28. The molecule has 0 spiro atoms. The molecule has 6 nitrogen and oxygen atoms in total. The third-order valence-electron chi connectivity index (χ3n) is 3.22. The summed E-state index contributed by atoms with van der Waals surface area (Å²) in [7, 11) is 0. The Morgan fingerprint density at radius 1 is 0.960 bits per heavy atom. The lowest BCUT2D eigenvalue weighted by Gasteiger charge is -2.09. The normalized spacial score (nSPS) is 9.96. The Morgan fingerprint density at radius 2 is 1.68 bits per heavy atom. The van der Waals surface area contributed by atoms with Gasteiger partial charge in [0.15, 0.2) is 0 Å². The van der Waals surface area contributed by atoms with Gasteiger partial charge in [0.05, 0.1) is 18.7 Å². The van der Waals surface area contributed by atoms with E-state index in [1.54, 1.807) is 31.2 Å². The van der Waals surface area contributed by atoms with E-state index in [0.717, 1.165) is 5.56 Å². The fourth-order valence-electron chi connectivity index (χ4n) is 2.00. The van der Waals surface area contributed by atoms with Crippen LogP contribution >= 0.6 is 0 Å². The molecule has 2 aromatic carbocycles. The molecule has 2 rings (SSSR count). The van der Waals surface area contributed by atoms with Crippen LogP contribution in [0, 0.1) is 0 Å². The van der Waals surface area contributed by atoms with E-state index in [0.29, 0.717) is 31.1 Å². The summed E-state index contributed by atoms with van der Waals surface area (Å²) in [6.45, 7) is 2.92. The van der Waals surface area contributed by atoms with Crippen molar-refractivity contribution in [2.75, 3.05) is 19.8 Å². The Hall–Kier alpha value is -3.02. The maximum atomic E-state index is 11.6. The minimum Gasteiger partial charge on any atom is -0.492 e. The van der Waals surface area contributed by atoms with E-state index >= 15 is 0 Å². The van der Waals surface area contributed by atoms with Crippen LogP contribution in [-0.4, -0.2) is 31.8 Å². The van der Waals surface area contributed by atoms with Gasteiger partial charge in [-0.3, -0.25) is 0 Å². The summed E-state index contributed by atoms with van der Waals surface area (Å²) in [6, 6.07) is 16.1. The summed E-state index contributed by atoms with van der Waals surface area (Å²) < 4.78 is 15.5. The Bertz CT molecular complexity index is 670. The number of hydrogen-bond donors (Lipinski definition) is 1. The van der Waals surface area contributed by atoms with Gasteiger partial charge in [-0.25, -0.2) is 9.59 Å². The molecule has 25 heavy (non-hydrogen) atoms. The molecule has 1 N–H and O–H groups in total. The highest BCUT2D eigenvalue weighted by Crippen LogP contribution is 2.12. The summed E-state index contributed by atoms with van der Waals surface area (Å²) in [5.74, 6) is 0.240. The summed E-state index contributed by atoms with van der Waals surface area (Å²) in [5.41, 5.74) is 1.40. The zero-order chi connectivity index (χ0) is 17.9. The summed E-state index contributed by atoms with van der Waals surface area (Å²) in [6.07, 6.45) is -0.495. The minimum atomic E-state index is -0.495. The van der Waals surface area contributed by atoms with Gasteiger partial charge < -0.3 is 19.5 Å². The fourth-order valence-corrected chi connectivity index (χ4v) is 2.00. The predicted molar refractivity (Wildman–Crippen MR) is 92.5 cm³/mol. The quantitative estimate of drug-likeness (QED) is 0.589. The summed E-state index contributed by atoms with van der Waals surface area (Å²) in [5, 5.41) is 2.61. The number of amides is 1. The third kappa shape index (κ3) is 6.55. The van der Waals surface area contributed by atoms with Gasteiger partial charge in [-0.2, -0.15) is 0 Å². The zero-order valence-corrected chi connectivity index (χ0v) is 14.1. The molecule has 0 heterocycles. The topological polar surface area (TPSA) is 73.9 Å². The van der Waals surface area contributed by atoms with Gasteiger partial charge in [0.1, 0.15) is 19.0 Å². The molecule has 0 radical (unpaired) electrons. The van der Waals surface area contributed by atoms with Gasteiger partial charge in [0.25, 0.3) is 0 Å². The van der Waals surface area contributed by atoms with Crippen LogP contribution < -0.4 is 10.1 Å². The van der Waals surface area contributed by atoms with Crippen molar-refractivity contribution >= 4 is 12.1 Å². The molecular weight excluding hydrogens is 322 g/mol. The van der Waals surface area contributed by atoms with Crippen molar-refractivity contribution in [1.29, 1.82) is 0 Å². The van der Waals surface area contributed by atoms with Gasteiger partial charge >= 0.3 is 12.1 Å². The highest BCUT2D eigenvalue weighted by Gasteiger charge is 2.06. The van der Waals surface area contributed by atoms with E-state index in [9.17, 15) is 9.59 Å². The largest absolute Gasteiger partial charge is 0.492 e. The van der Waals surface area contributed by atoms with Crippen molar-refractivity contribution in [3.8, 4) is 5.75 Å². The summed E-state index contributed by atoms with van der Waals surface area (Å²) >= 11 is 0.